The Kier molecular flexibility index (Phi) is 2.56. The van der Waals surface area contributed by atoms with Crippen LogP contribution in [0.15, 0.2) is 22.7 Å². The van der Waals surface area contributed by atoms with Gasteiger partial charge in [0.1, 0.15) is 6.04 Å². The van der Waals surface area contributed by atoms with E-state index < -0.39 is 0 Å². The fourth-order valence-electron chi connectivity index (χ4n) is 1.64. The highest BCUT2D eigenvalue weighted by Gasteiger charge is 2.29. The molecule has 0 radical (unpaired) electrons. The van der Waals surface area contributed by atoms with Crippen LogP contribution in [0.3, 0.4) is 0 Å². The summed E-state index contributed by atoms with van der Waals surface area (Å²) in [7, 11) is 0. The largest absolute Gasteiger partial charge is 0.324 e. The van der Waals surface area contributed by atoms with E-state index in [1.165, 1.54) is 0 Å². The van der Waals surface area contributed by atoms with Crippen molar-refractivity contribution in [3.8, 4) is 0 Å². The van der Waals surface area contributed by atoms with Crippen molar-refractivity contribution in [3.05, 3.63) is 28.2 Å². The molecule has 4 heteroatoms. The highest BCUT2D eigenvalue weighted by molar-refractivity contribution is 9.10. The van der Waals surface area contributed by atoms with Crippen molar-refractivity contribution in [1.82, 2.24) is 5.32 Å². The van der Waals surface area contributed by atoms with Gasteiger partial charge in [0.2, 0.25) is 5.91 Å². The van der Waals surface area contributed by atoms with Gasteiger partial charge < -0.3 is 10.6 Å². The second-order valence-corrected chi connectivity index (χ2v) is 4.13. The quantitative estimate of drug-likeness (QED) is 0.849. The van der Waals surface area contributed by atoms with E-state index in [-0.39, 0.29) is 11.9 Å². The third-order valence-electron chi connectivity index (χ3n) is 2.25. The molecule has 0 saturated carbocycles. The maximum Gasteiger partial charge on any atom is 0.246 e. The Morgan fingerprint density at radius 1 is 1.57 bits per heavy atom. The first-order valence-electron chi connectivity index (χ1n) is 4.56. The fourth-order valence-corrected chi connectivity index (χ4v) is 2.02. The zero-order chi connectivity index (χ0) is 10.1. The number of likely N-dealkylation sites (N-methyl/N-ethyl adjacent to an activating group) is 1. The minimum atomic E-state index is -0.201. The van der Waals surface area contributed by atoms with Crippen molar-refractivity contribution in [2.24, 2.45) is 0 Å². The molecule has 1 aliphatic rings. The van der Waals surface area contributed by atoms with Crippen LogP contribution >= 0.6 is 15.9 Å². The smallest absolute Gasteiger partial charge is 0.246 e. The molecule has 3 nitrogen and oxygen atoms in total. The van der Waals surface area contributed by atoms with Gasteiger partial charge in [-0.2, -0.15) is 0 Å². The van der Waals surface area contributed by atoms with E-state index >= 15 is 0 Å². The zero-order valence-electron chi connectivity index (χ0n) is 7.80. The van der Waals surface area contributed by atoms with Gasteiger partial charge in [-0.15, -0.1) is 0 Å². The number of halogens is 1. The normalized spacial score (nSPS) is 19.3. The number of rotatable bonds is 2. The molecule has 1 aromatic carbocycles. The molecule has 0 fully saturated rings. The van der Waals surface area contributed by atoms with Gasteiger partial charge >= 0.3 is 0 Å². The number of amides is 1. The number of anilines is 1. The van der Waals surface area contributed by atoms with Crippen LogP contribution in [-0.2, 0) is 4.79 Å². The number of hydrogen-bond acceptors (Lipinski definition) is 2. The van der Waals surface area contributed by atoms with E-state index in [0.717, 1.165) is 22.3 Å². The molecule has 0 bridgehead atoms. The summed E-state index contributed by atoms with van der Waals surface area (Å²) in [5.74, 6) is 0.0277. The number of nitrogens with one attached hydrogen (secondary N) is 2. The lowest BCUT2D eigenvalue weighted by Crippen LogP contribution is -2.27. The van der Waals surface area contributed by atoms with E-state index in [0.29, 0.717) is 0 Å². The van der Waals surface area contributed by atoms with Gasteiger partial charge in [0.05, 0.1) is 0 Å². The Morgan fingerprint density at radius 3 is 3.07 bits per heavy atom. The van der Waals surface area contributed by atoms with Crippen LogP contribution in [0.2, 0.25) is 0 Å². The lowest BCUT2D eigenvalue weighted by Gasteiger charge is -2.08. The molecule has 1 unspecified atom stereocenters. The standard InChI is InChI=1S/C10H11BrN2O/c1-2-12-9-7-5-6(11)3-4-8(7)13-10(9)14/h3-5,9,12H,2H2,1H3,(H,13,14). The van der Waals surface area contributed by atoms with Crippen molar-refractivity contribution in [1.29, 1.82) is 0 Å². The third kappa shape index (κ3) is 1.55. The summed E-state index contributed by atoms with van der Waals surface area (Å²) in [6.07, 6.45) is 0. The molecule has 74 valence electrons. The van der Waals surface area contributed by atoms with E-state index in [2.05, 4.69) is 26.6 Å². The van der Waals surface area contributed by atoms with Crippen molar-refractivity contribution in [3.63, 3.8) is 0 Å². The van der Waals surface area contributed by atoms with E-state index in [1.807, 2.05) is 25.1 Å². The summed E-state index contributed by atoms with van der Waals surface area (Å²) >= 11 is 3.40. The summed E-state index contributed by atoms with van der Waals surface area (Å²) < 4.78 is 0.996. The maximum absolute atomic E-state index is 11.5. The second kappa shape index (κ2) is 3.71. The SMILES string of the molecule is CCNC1C(=O)Nc2ccc(Br)cc21. The maximum atomic E-state index is 11.5. The summed E-state index contributed by atoms with van der Waals surface area (Å²) in [4.78, 5) is 11.5. The van der Waals surface area contributed by atoms with Crippen molar-refractivity contribution in [2.45, 2.75) is 13.0 Å². The highest BCUT2D eigenvalue weighted by Crippen LogP contribution is 2.32. The molecule has 1 amide bonds. The van der Waals surface area contributed by atoms with Crippen molar-refractivity contribution in [2.75, 3.05) is 11.9 Å². The first kappa shape index (κ1) is 9.68. The minimum absolute atomic E-state index is 0.0277. The molecule has 14 heavy (non-hydrogen) atoms. The van der Waals surface area contributed by atoms with Crippen molar-refractivity contribution >= 4 is 27.5 Å². The molecule has 2 rings (SSSR count). The average Bonchev–Trinajstić information content (AvgIpc) is 2.45. The molecule has 1 heterocycles. The first-order chi connectivity index (χ1) is 6.72. The van der Waals surface area contributed by atoms with Crippen LogP contribution in [0.5, 0.6) is 0 Å². The molecule has 0 spiro atoms. The molecular weight excluding hydrogens is 244 g/mol. The van der Waals surface area contributed by atoms with Crippen LogP contribution in [-0.4, -0.2) is 12.5 Å². The van der Waals surface area contributed by atoms with Gasteiger partial charge in [-0.1, -0.05) is 22.9 Å². The number of fused-ring (bicyclic) bond motifs is 1. The summed E-state index contributed by atoms with van der Waals surface area (Å²) in [6.45, 7) is 2.77. The van der Waals surface area contributed by atoms with E-state index in [4.69, 9.17) is 0 Å². The highest BCUT2D eigenvalue weighted by atomic mass is 79.9. The zero-order valence-corrected chi connectivity index (χ0v) is 9.39. The van der Waals surface area contributed by atoms with Crippen LogP contribution in [0.25, 0.3) is 0 Å². The lowest BCUT2D eigenvalue weighted by atomic mass is 10.1. The third-order valence-corrected chi connectivity index (χ3v) is 2.75. The van der Waals surface area contributed by atoms with Crippen LogP contribution < -0.4 is 10.6 Å². The van der Waals surface area contributed by atoms with Crippen LogP contribution in [0, 0.1) is 0 Å². The molecule has 2 N–H and O–H groups in total. The topological polar surface area (TPSA) is 41.1 Å². The minimum Gasteiger partial charge on any atom is -0.324 e. The van der Waals surface area contributed by atoms with Crippen LogP contribution in [0.1, 0.15) is 18.5 Å². The Balaban J connectivity index is 2.39. The molecule has 1 aliphatic heterocycles. The summed E-state index contributed by atoms with van der Waals surface area (Å²) in [6, 6.07) is 5.61. The predicted molar refractivity (Wildman–Crippen MR) is 59.2 cm³/mol. The van der Waals surface area contributed by atoms with Gasteiger partial charge in [-0.05, 0) is 24.7 Å². The first-order valence-corrected chi connectivity index (χ1v) is 5.35. The van der Waals surface area contributed by atoms with Gasteiger partial charge in [0.25, 0.3) is 0 Å². The summed E-state index contributed by atoms with van der Waals surface area (Å²) in [5.41, 5.74) is 1.93. The van der Waals surface area contributed by atoms with Crippen molar-refractivity contribution < 1.29 is 4.79 Å². The molecule has 0 saturated heterocycles. The van der Waals surface area contributed by atoms with Gasteiger partial charge in [0, 0.05) is 15.7 Å². The lowest BCUT2D eigenvalue weighted by molar-refractivity contribution is -0.117. The predicted octanol–water partition coefficient (Wildman–Crippen LogP) is 2.05. The second-order valence-electron chi connectivity index (χ2n) is 3.21. The molecule has 0 aliphatic carbocycles. The Labute approximate surface area is 91.0 Å². The Morgan fingerprint density at radius 2 is 2.36 bits per heavy atom. The summed E-state index contributed by atoms with van der Waals surface area (Å²) in [5, 5.41) is 5.98. The van der Waals surface area contributed by atoms with E-state index in [9.17, 15) is 4.79 Å². The number of carbonyl (C=O) groups excluding carboxylic acids is 1. The number of carbonyl (C=O) groups is 1. The molecule has 1 aromatic rings. The van der Waals surface area contributed by atoms with E-state index in [1.54, 1.807) is 0 Å². The fraction of sp³-hybridized carbons (Fsp3) is 0.300. The van der Waals surface area contributed by atoms with Gasteiger partial charge in [-0.25, -0.2) is 0 Å². The Hall–Kier alpha value is -0.870. The van der Waals surface area contributed by atoms with Crippen LogP contribution in [0.4, 0.5) is 5.69 Å². The van der Waals surface area contributed by atoms with Gasteiger partial charge in [0.15, 0.2) is 0 Å². The van der Waals surface area contributed by atoms with Gasteiger partial charge in [-0.3, -0.25) is 4.79 Å². The average molecular weight is 255 g/mol. The monoisotopic (exact) mass is 254 g/mol. The number of hydrogen-bond donors (Lipinski definition) is 2. The molecular formula is C10H11BrN2O. The number of benzene rings is 1. The molecule has 0 aromatic heterocycles. The molecule has 1 atom stereocenters. The Bertz CT molecular complexity index is 378.